The van der Waals surface area contributed by atoms with Gasteiger partial charge in [-0.3, -0.25) is 4.98 Å². The van der Waals surface area contributed by atoms with E-state index in [9.17, 15) is 5.11 Å². The molecule has 3 nitrogen and oxygen atoms in total. The van der Waals surface area contributed by atoms with Crippen LogP contribution in [-0.2, 0) is 6.61 Å². The van der Waals surface area contributed by atoms with Crippen LogP contribution in [0, 0.1) is 0 Å². The van der Waals surface area contributed by atoms with Crippen LogP contribution in [0.15, 0.2) is 60.8 Å². The van der Waals surface area contributed by atoms with E-state index in [2.05, 4.69) is 28.2 Å². The van der Waals surface area contributed by atoms with Gasteiger partial charge in [0.1, 0.15) is 0 Å². The summed E-state index contributed by atoms with van der Waals surface area (Å²) in [6, 6.07) is 18.2. The van der Waals surface area contributed by atoms with Gasteiger partial charge >= 0.3 is 0 Å². The number of aliphatic hydroxyl groups excluding tert-OH is 1. The number of H-pyrrole nitrogens is 1. The summed E-state index contributed by atoms with van der Waals surface area (Å²) in [5, 5.41) is 11.6. The molecule has 102 valence electrons. The first kappa shape index (κ1) is 12.1. The van der Waals surface area contributed by atoms with Gasteiger partial charge in [-0.15, -0.1) is 0 Å². The van der Waals surface area contributed by atoms with Gasteiger partial charge in [-0.05, 0) is 17.7 Å². The van der Waals surface area contributed by atoms with Crippen molar-refractivity contribution in [1.82, 2.24) is 9.97 Å². The van der Waals surface area contributed by atoms with Crippen LogP contribution in [0.3, 0.4) is 0 Å². The summed E-state index contributed by atoms with van der Waals surface area (Å²) in [4.78, 5) is 7.98. The maximum atomic E-state index is 9.28. The standard InChI is InChI=1S/C18H14N2O/c21-11-12-6-7-14-15-8-9-19-17(13-4-2-1-3-5-13)18(15)20-16(14)10-12/h1-10,20-21H,11H2. The van der Waals surface area contributed by atoms with Gasteiger partial charge in [0.2, 0.25) is 0 Å². The molecule has 2 aromatic carbocycles. The van der Waals surface area contributed by atoms with Gasteiger partial charge in [0.05, 0.1) is 17.8 Å². The van der Waals surface area contributed by atoms with E-state index in [1.807, 2.05) is 42.6 Å². The van der Waals surface area contributed by atoms with Gasteiger partial charge in [0, 0.05) is 28.0 Å². The van der Waals surface area contributed by atoms with Crippen LogP contribution in [0.5, 0.6) is 0 Å². The minimum atomic E-state index is 0.0507. The zero-order valence-corrected chi connectivity index (χ0v) is 11.4. The van der Waals surface area contributed by atoms with Crippen molar-refractivity contribution >= 4 is 21.8 Å². The lowest BCUT2D eigenvalue weighted by atomic mass is 10.1. The Morgan fingerprint density at radius 2 is 1.81 bits per heavy atom. The molecule has 0 fully saturated rings. The Hall–Kier alpha value is -2.65. The highest BCUT2D eigenvalue weighted by molar-refractivity contribution is 6.11. The maximum Gasteiger partial charge on any atom is 0.0943 e. The minimum Gasteiger partial charge on any atom is -0.392 e. The summed E-state index contributed by atoms with van der Waals surface area (Å²) in [6.45, 7) is 0.0507. The van der Waals surface area contributed by atoms with Crippen LogP contribution in [0.2, 0.25) is 0 Å². The van der Waals surface area contributed by atoms with Crippen LogP contribution in [0.4, 0.5) is 0 Å². The molecule has 2 N–H and O–H groups in total. The summed E-state index contributed by atoms with van der Waals surface area (Å²) < 4.78 is 0. The number of nitrogens with zero attached hydrogens (tertiary/aromatic N) is 1. The molecular weight excluding hydrogens is 260 g/mol. The fourth-order valence-electron chi connectivity index (χ4n) is 2.79. The SMILES string of the molecule is OCc1ccc2c(c1)[nH]c1c(-c3ccccc3)nccc12. The summed E-state index contributed by atoms with van der Waals surface area (Å²) in [5.41, 5.74) is 5.02. The Kier molecular flexibility index (Phi) is 2.72. The van der Waals surface area contributed by atoms with Crippen LogP contribution in [0.1, 0.15) is 5.56 Å². The molecule has 4 rings (SSSR count). The number of nitrogens with one attached hydrogen (secondary N) is 1. The molecule has 2 heterocycles. The minimum absolute atomic E-state index is 0.0507. The van der Waals surface area contributed by atoms with E-state index >= 15 is 0 Å². The highest BCUT2D eigenvalue weighted by Gasteiger charge is 2.10. The normalized spacial score (nSPS) is 11.3. The second kappa shape index (κ2) is 4.72. The van der Waals surface area contributed by atoms with E-state index in [4.69, 9.17) is 0 Å². The third-order valence-corrected chi connectivity index (χ3v) is 3.81. The van der Waals surface area contributed by atoms with Crippen LogP contribution in [0.25, 0.3) is 33.1 Å². The van der Waals surface area contributed by atoms with Gasteiger partial charge in [-0.2, -0.15) is 0 Å². The molecule has 0 aliphatic rings. The van der Waals surface area contributed by atoms with Crippen molar-refractivity contribution in [1.29, 1.82) is 0 Å². The van der Waals surface area contributed by atoms with E-state index in [1.165, 1.54) is 0 Å². The Morgan fingerprint density at radius 1 is 0.952 bits per heavy atom. The molecule has 0 atom stereocenters. The number of hydrogen-bond acceptors (Lipinski definition) is 2. The van der Waals surface area contributed by atoms with Crippen molar-refractivity contribution in [2.24, 2.45) is 0 Å². The van der Waals surface area contributed by atoms with Crippen molar-refractivity contribution in [3.8, 4) is 11.3 Å². The first-order valence-electron chi connectivity index (χ1n) is 6.92. The molecular formula is C18H14N2O. The molecule has 0 spiro atoms. The molecule has 0 unspecified atom stereocenters. The van der Waals surface area contributed by atoms with Crippen LogP contribution in [-0.4, -0.2) is 15.1 Å². The fourth-order valence-corrected chi connectivity index (χ4v) is 2.79. The molecule has 0 amide bonds. The largest absolute Gasteiger partial charge is 0.392 e. The molecule has 0 saturated heterocycles. The second-order valence-electron chi connectivity index (χ2n) is 5.11. The predicted molar refractivity (Wildman–Crippen MR) is 85.0 cm³/mol. The molecule has 0 radical (unpaired) electrons. The number of benzene rings is 2. The maximum absolute atomic E-state index is 9.28. The average Bonchev–Trinajstić information content (AvgIpc) is 2.93. The molecule has 0 aliphatic heterocycles. The van der Waals surface area contributed by atoms with E-state index in [0.29, 0.717) is 0 Å². The highest BCUT2D eigenvalue weighted by atomic mass is 16.3. The van der Waals surface area contributed by atoms with Gasteiger partial charge in [0.15, 0.2) is 0 Å². The van der Waals surface area contributed by atoms with Crippen LogP contribution < -0.4 is 0 Å². The number of fused-ring (bicyclic) bond motifs is 3. The number of hydrogen-bond donors (Lipinski definition) is 2. The molecule has 3 heteroatoms. The Morgan fingerprint density at radius 3 is 2.62 bits per heavy atom. The Labute approximate surface area is 121 Å². The lowest BCUT2D eigenvalue weighted by Gasteiger charge is -2.01. The van der Waals surface area contributed by atoms with E-state index < -0.39 is 0 Å². The Bertz CT molecular complexity index is 926. The van der Waals surface area contributed by atoms with Gasteiger partial charge < -0.3 is 10.1 Å². The smallest absolute Gasteiger partial charge is 0.0943 e. The highest BCUT2D eigenvalue weighted by Crippen LogP contribution is 2.31. The molecule has 4 aromatic rings. The first-order chi connectivity index (χ1) is 10.4. The molecule has 0 bridgehead atoms. The van der Waals surface area contributed by atoms with E-state index in [0.717, 1.165) is 38.6 Å². The van der Waals surface area contributed by atoms with E-state index in [-0.39, 0.29) is 6.61 Å². The number of rotatable bonds is 2. The molecule has 2 aromatic heterocycles. The third kappa shape index (κ3) is 1.90. The third-order valence-electron chi connectivity index (χ3n) is 3.81. The second-order valence-corrected chi connectivity index (χ2v) is 5.11. The topological polar surface area (TPSA) is 48.9 Å². The zero-order chi connectivity index (χ0) is 14.2. The predicted octanol–water partition coefficient (Wildman–Crippen LogP) is 3.88. The summed E-state index contributed by atoms with van der Waals surface area (Å²) in [6.07, 6.45) is 1.85. The quantitative estimate of drug-likeness (QED) is 0.583. The average molecular weight is 274 g/mol. The number of aromatic amines is 1. The van der Waals surface area contributed by atoms with Crippen molar-refractivity contribution < 1.29 is 5.11 Å². The van der Waals surface area contributed by atoms with Crippen molar-refractivity contribution in [2.75, 3.05) is 0 Å². The Balaban J connectivity index is 2.05. The van der Waals surface area contributed by atoms with Crippen molar-refractivity contribution in [3.05, 3.63) is 66.4 Å². The number of aromatic nitrogens is 2. The lowest BCUT2D eigenvalue weighted by molar-refractivity contribution is 0.282. The fraction of sp³-hybridized carbons (Fsp3) is 0.0556. The van der Waals surface area contributed by atoms with Crippen molar-refractivity contribution in [2.45, 2.75) is 6.61 Å². The van der Waals surface area contributed by atoms with Crippen molar-refractivity contribution in [3.63, 3.8) is 0 Å². The number of aliphatic hydroxyl groups is 1. The van der Waals surface area contributed by atoms with Gasteiger partial charge in [-0.1, -0.05) is 42.5 Å². The van der Waals surface area contributed by atoms with E-state index in [1.54, 1.807) is 0 Å². The molecule has 0 saturated carbocycles. The molecule has 21 heavy (non-hydrogen) atoms. The summed E-state index contributed by atoms with van der Waals surface area (Å²) >= 11 is 0. The zero-order valence-electron chi connectivity index (χ0n) is 11.4. The van der Waals surface area contributed by atoms with Gasteiger partial charge in [0.25, 0.3) is 0 Å². The summed E-state index contributed by atoms with van der Waals surface area (Å²) in [7, 11) is 0. The summed E-state index contributed by atoms with van der Waals surface area (Å²) in [5.74, 6) is 0. The monoisotopic (exact) mass is 274 g/mol. The van der Waals surface area contributed by atoms with Crippen LogP contribution >= 0.6 is 0 Å². The number of pyridine rings is 1. The lowest BCUT2D eigenvalue weighted by Crippen LogP contribution is -1.84. The first-order valence-corrected chi connectivity index (χ1v) is 6.92. The molecule has 0 aliphatic carbocycles. The van der Waals surface area contributed by atoms with Gasteiger partial charge in [-0.25, -0.2) is 0 Å².